The molecule has 0 fully saturated rings. The highest BCUT2D eigenvalue weighted by Crippen LogP contribution is 2.14. The molecule has 0 aliphatic heterocycles. The van der Waals surface area contributed by atoms with E-state index < -0.39 is 15.8 Å². The number of nitrogens with one attached hydrogen (secondary N) is 1. The van der Waals surface area contributed by atoms with Crippen molar-refractivity contribution in [3.8, 4) is 6.07 Å². The minimum Gasteiger partial charge on any atom is -0.381 e. The Morgan fingerprint density at radius 1 is 1.40 bits per heavy atom. The Balaban J connectivity index is 2.59. The molecule has 0 atom stereocenters. The molecule has 0 aliphatic rings. The lowest BCUT2D eigenvalue weighted by molar-refractivity contribution is 0.133. The Morgan fingerprint density at radius 2 is 2.15 bits per heavy atom. The van der Waals surface area contributed by atoms with Gasteiger partial charge in [-0.25, -0.2) is 17.5 Å². The van der Waals surface area contributed by atoms with Crippen LogP contribution in [-0.2, 0) is 14.8 Å². The third-order valence-corrected chi connectivity index (χ3v) is 3.93. The first kappa shape index (κ1) is 16.6. The molecule has 1 aromatic rings. The highest BCUT2D eigenvalue weighted by atomic mass is 32.2. The first-order chi connectivity index (χ1) is 9.51. The van der Waals surface area contributed by atoms with Gasteiger partial charge in [-0.15, -0.1) is 0 Å². The minimum atomic E-state index is -3.73. The molecule has 1 rings (SSSR count). The third-order valence-electron chi connectivity index (χ3n) is 2.47. The Labute approximate surface area is 118 Å². The SMILES string of the molecule is CCCOCCCNS(=O)(=O)c1ccc(F)c(C#N)c1. The summed E-state index contributed by atoms with van der Waals surface area (Å²) in [7, 11) is -3.73. The van der Waals surface area contributed by atoms with Crippen molar-refractivity contribution in [1.82, 2.24) is 4.72 Å². The molecule has 0 heterocycles. The molecule has 5 nitrogen and oxygen atoms in total. The molecule has 7 heteroatoms. The van der Waals surface area contributed by atoms with Crippen LogP contribution in [0, 0.1) is 17.1 Å². The predicted molar refractivity (Wildman–Crippen MR) is 72.0 cm³/mol. The number of rotatable bonds is 8. The Hall–Kier alpha value is -1.49. The van der Waals surface area contributed by atoms with Crippen molar-refractivity contribution in [2.24, 2.45) is 0 Å². The lowest BCUT2D eigenvalue weighted by Gasteiger charge is -2.07. The first-order valence-corrected chi connectivity index (χ1v) is 7.76. The second-order valence-corrected chi connectivity index (χ2v) is 5.88. The molecule has 110 valence electrons. The monoisotopic (exact) mass is 300 g/mol. The normalized spacial score (nSPS) is 11.2. The first-order valence-electron chi connectivity index (χ1n) is 6.28. The zero-order chi connectivity index (χ0) is 15.0. The number of nitrogens with zero attached hydrogens (tertiary/aromatic N) is 1. The van der Waals surface area contributed by atoms with E-state index in [0.717, 1.165) is 24.6 Å². The van der Waals surface area contributed by atoms with E-state index in [-0.39, 0.29) is 17.0 Å². The van der Waals surface area contributed by atoms with Gasteiger partial charge in [0.25, 0.3) is 0 Å². The van der Waals surface area contributed by atoms with Crippen molar-refractivity contribution in [3.63, 3.8) is 0 Å². The summed E-state index contributed by atoms with van der Waals surface area (Å²) in [4.78, 5) is -0.120. The summed E-state index contributed by atoms with van der Waals surface area (Å²) in [5.41, 5.74) is -0.292. The molecule has 1 N–H and O–H groups in total. The molecular formula is C13H17FN2O3S. The van der Waals surface area contributed by atoms with Gasteiger partial charge in [-0.3, -0.25) is 0 Å². The zero-order valence-electron chi connectivity index (χ0n) is 11.2. The van der Waals surface area contributed by atoms with Gasteiger partial charge in [-0.1, -0.05) is 6.92 Å². The van der Waals surface area contributed by atoms with Gasteiger partial charge in [0.1, 0.15) is 11.9 Å². The average Bonchev–Trinajstić information content (AvgIpc) is 2.43. The number of benzene rings is 1. The molecular weight excluding hydrogens is 283 g/mol. The van der Waals surface area contributed by atoms with Crippen LogP contribution in [0.1, 0.15) is 25.3 Å². The van der Waals surface area contributed by atoms with Crippen molar-refractivity contribution in [3.05, 3.63) is 29.6 Å². The number of hydrogen-bond acceptors (Lipinski definition) is 4. The Morgan fingerprint density at radius 3 is 2.80 bits per heavy atom. The fourth-order valence-corrected chi connectivity index (χ4v) is 2.57. The van der Waals surface area contributed by atoms with Gasteiger partial charge in [0.05, 0.1) is 10.5 Å². The van der Waals surface area contributed by atoms with Crippen molar-refractivity contribution in [1.29, 1.82) is 5.26 Å². The van der Waals surface area contributed by atoms with Gasteiger partial charge in [0, 0.05) is 19.8 Å². The van der Waals surface area contributed by atoms with E-state index in [9.17, 15) is 12.8 Å². The molecule has 0 saturated heterocycles. The van der Waals surface area contributed by atoms with Crippen LogP contribution in [0.15, 0.2) is 23.1 Å². The number of nitriles is 1. The van der Waals surface area contributed by atoms with Crippen molar-refractivity contribution in [2.45, 2.75) is 24.7 Å². The second-order valence-electron chi connectivity index (χ2n) is 4.12. The predicted octanol–water partition coefficient (Wildman–Crippen LogP) is 1.79. The molecule has 0 bridgehead atoms. The standard InChI is InChI=1S/C13H17FN2O3S/c1-2-7-19-8-3-6-16-20(17,18)12-4-5-13(14)11(9-12)10-15/h4-5,9,16H,2-3,6-8H2,1H3. The maximum Gasteiger partial charge on any atom is 0.240 e. The number of hydrogen-bond donors (Lipinski definition) is 1. The number of halogens is 1. The van der Waals surface area contributed by atoms with Crippen LogP contribution in [-0.4, -0.2) is 28.2 Å². The Kier molecular flexibility index (Phi) is 6.58. The van der Waals surface area contributed by atoms with Crippen molar-refractivity contribution >= 4 is 10.0 Å². The zero-order valence-corrected chi connectivity index (χ0v) is 12.0. The summed E-state index contributed by atoms with van der Waals surface area (Å²) < 4.78 is 44.6. The maximum atomic E-state index is 13.1. The lowest BCUT2D eigenvalue weighted by Crippen LogP contribution is -2.25. The van der Waals surface area contributed by atoms with E-state index in [4.69, 9.17) is 10.00 Å². The quantitative estimate of drug-likeness (QED) is 0.742. The van der Waals surface area contributed by atoms with Crippen LogP contribution in [0.4, 0.5) is 4.39 Å². The second kappa shape index (κ2) is 7.94. The van der Waals surface area contributed by atoms with Crippen LogP contribution in [0.25, 0.3) is 0 Å². The smallest absolute Gasteiger partial charge is 0.240 e. The molecule has 0 spiro atoms. The van der Waals surface area contributed by atoms with E-state index in [1.807, 2.05) is 6.92 Å². The van der Waals surface area contributed by atoms with E-state index >= 15 is 0 Å². The molecule has 0 amide bonds. The van der Waals surface area contributed by atoms with Crippen LogP contribution >= 0.6 is 0 Å². The summed E-state index contributed by atoms with van der Waals surface area (Å²) >= 11 is 0. The summed E-state index contributed by atoms with van der Waals surface area (Å²) in [6.45, 7) is 3.34. The van der Waals surface area contributed by atoms with E-state index in [0.29, 0.717) is 19.6 Å². The molecule has 0 saturated carbocycles. The fourth-order valence-electron chi connectivity index (χ4n) is 1.47. The Bertz CT molecular complexity index is 582. The van der Waals surface area contributed by atoms with Gasteiger partial charge in [-0.2, -0.15) is 5.26 Å². The summed E-state index contributed by atoms with van der Waals surface area (Å²) in [6.07, 6.45) is 1.46. The fraction of sp³-hybridized carbons (Fsp3) is 0.462. The van der Waals surface area contributed by atoms with Gasteiger partial charge < -0.3 is 4.74 Å². The summed E-state index contributed by atoms with van der Waals surface area (Å²) in [6, 6.07) is 4.73. The topological polar surface area (TPSA) is 79.2 Å². The van der Waals surface area contributed by atoms with Gasteiger partial charge in [0.2, 0.25) is 10.0 Å². The minimum absolute atomic E-state index is 0.120. The average molecular weight is 300 g/mol. The summed E-state index contributed by atoms with van der Waals surface area (Å²) in [5, 5.41) is 8.68. The largest absolute Gasteiger partial charge is 0.381 e. The van der Waals surface area contributed by atoms with Crippen molar-refractivity contribution in [2.75, 3.05) is 19.8 Å². The molecule has 20 heavy (non-hydrogen) atoms. The van der Waals surface area contributed by atoms with Crippen LogP contribution in [0.3, 0.4) is 0 Å². The maximum absolute atomic E-state index is 13.1. The van der Waals surface area contributed by atoms with E-state index in [1.54, 1.807) is 6.07 Å². The lowest BCUT2D eigenvalue weighted by atomic mass is 10.2. The highest BCUT2D eigenvalue weighted by molar-refractivity contribution is 7.89. The molecule has 0 aromatic heterocycles. The van der Waals surface area contributed by atoms with Gasteiger partial charge >= 0.3 is 0 Å². The molecule has 0 aliphatic carbocycles. The molecule has 0 radical (unpaired) electrons. The van der Waals surface area contributed by atoms with Crippen LogP contribution in [0.2, 0.25) is 0 Å². The van der Waals surface area contributed by atoms with Crippen LogP contribution < -0.4 is 4.72 Å². The van der Waals surface area contributed by atoms with Crippen LogP contribution in [0.5, 0.6) is 0 Å². The molecule has 0 unspecified atom stereocenters. The third kappa shape index (κ3) is 4.89. The number of ether oxygens (including phenoxy) is 1. The van der Waals surface area contributed by atoms with E-state index in [2.05, 4.69) is 4.72 Å². The highest BCUT2D eigenvalue weighted by Gasteiger charge is 2.15. The van der Waals surface area contributed by atoms with Gasteiger partial charge in [0.15, 0.2) is 0 Å². The molecule has 1 aromatic carbocycles. The van der Waals surface area contributed by atoms with Gasteiger partial charge in [-0.05, 0) is 31.0 Å². The van der Waals surface area contributed by atoms with Crippen molar-refractivity contribution < 1.29 is 17.5 Å². The number of sulfonamides is 1. The summed E-state index contributed by atoms with van der Waals surface area (Å²) in [5.74, 6) is -0.737. The van der Waals surface area contributed by atoms with E-state index in [1.165, 1.54) is 0 Å².